The molecule has 0 bridgehead atoms. The van der Waals surface area contributed by atoms with Gasteiger partial charge >= 0.3 is 0 Å². The molecule has 0 spiro atoms. The van der Waals surface area contributed by atoms with E-state index < -0.39 is 0 Å². The van der Waals surface area contributed by atoms with Gasteiger partial charge in [-0.1, -0.05) is 84.2 Å². The molecule has 3 heterocycles. The average molecular weight is 497 g/mol. The van der Waals surface area contributed by atoms with E-state index in [1.54, 1.807) is 15.7 Å². The highest BCUT2D eigenvalue weighted by atomic mass is 32.1. The lowest BCUT2D eigenvalue weighted by Crippen LogP contribution is -2.13. The van der Waals surface area contributed by atoms with Gasteiger partial charge in [0.1, 0.15) is 11.3 Å². The highest BCUT2D eigenvalue weighted by Gasteiger charge is 2.18. The van der Waals surface area contributed by atoms with Crippen molar-refractivity contribution in [3.63, 3.8) is 0 Å². The van der Waals surface area contributed by atoms with Gasteiger partial charge in [0.2, 0.25) is 0 Å². The smallest absolute Gasteiger partial charge is 0.266 e. The van der Waals surface area contributed by atoms with Gasteiger partial charge in [0.15, 0.2) is 4.96 Å². The number of thiazole rings is 1. The topological polar surface area (TPSA) is 47.5 Å². The molecule has 37 heavy (non-hydrogen) atoms. The van der Waals surface area contributed by atoms with E-state index in [0.717, 1.165) is 62.0 Å². The van der Waals surface area contributed by atoms with Crippen LogP contribution in [0.2, 0.25) is 0 Å². The zero-order chi connectivity index (χ0) is 24.5. The van der Waals surface area contributed by atoms with Gasteiger partial charge in [0.05, 0.1) is 21.1 Å². The van der Waals surface area contributed by atoms with E-state index in [1.165, 1.54) is 5.56 Å². The Morgan fingerprint density at radius 3 is 2.65 bits per heavy atom. The van der Waals surface area contributed by atoms with Crippen molar-refractivity contribution in [2.45, 2.75) is 12.8 Å². The molecule has 0 aliphatic heterocycles. The summed E-state index contributed by atoms with van der Waals surface area (Å²) >= 11 is 1.55. The van der Waals surface area contributed by atoms with Gasteiger partial charge in [-0.05, 0) is 47.4 Å². The van der Waals surface area contributed by atoms with Crippen LogP contribution in [0, 0.1) is 0 Å². The Bertz CT molecular complexity index is 2110. The molecular weight excluding hydrogens is 476 g/mol. The molecule has 5 heteroatoms. The van der Waals surface area contributed by atoms with Gasteiger partial charge in [-0.3, -0.25) is 9.20 Å². The number of nitrogens with zero attached hydrogens (tertiary/aromatic N) is 2. The summed E-state index contributed by atoms with van der Waals surface area (Å²) in [4.78, 5) is 19.4. The fraction of sp³-hybridized carbons (Fsp3) is 0.0625. The lowest BCUT2D eigenvalue weighted by molar-refractivity contribution is 0.547. The molecule has 0 amide bonds. The van der Waals surface area contributed by atoms with Gasteiger partial charge in [-0.25, -0.2) is 4.98 Å². The van der Waals surface area contributed by atoms with Crippen molar-refractivity contribution in [3.8, 4) is 22.3 Å². The normalized spacial score (nSPS) is 13.2. The minimum Gasteiger partial charge on any atom is -0.460 e. The average Bonchev–Trinajstić information content (AvgIpc) is 3.51. The molecule has 0 saturated heterocycles. The number of hydrogen-bond donors (Lipinski definition) is 0. The molecule has 0 unspecified atom stereocenters. The largest absolute Gasteiger partial charge is 0.460 e. The van der Waals surface area contributed by atoms with Crippen LogP contribution in [0.1, 0.15) is 17.7 Å². The summed E-state index contributed by atoms with van der Waals surface area (Å²) in [5, 5.41) is 1.72. The van der Waals surface area contributed by atoms with Crippen LogP contribution in [0.15, 0.2) is 100 Å². The summed E-state index contributed by atoms with van der Waals surface area (Å²) in [5.41, 5.74) is 7.83. The van der Waals surface area contributed by atoms with Crippen molar-refractivity contribution in [1.29, 1.82) is 0 Å². The lowest BCUT2D eigenvalue weighted by Gasteiger charge is -2.06. The second kappa shape index (κ2) is 7.76. The molecule has 1 aliphatic carbocycles. The Morgan fingerprint density at radius 2 is 1.73 bits per heavy atom. The minimum atomic E-state index is -0.0468. The first-order valence-electron chi connectivity index (χ1n) is 12.4. The molecule has 1 aliphatic rings. The van der Waals surface area contributed by atoms with Crippen molar-refractivity contribution in [3.05, 3.63) is 113 Å². The van der Waals surface area contributed by atoms with Crippen molar-refractivity contribution >= 4 is 54.5 Å². The summed E-state index contributed by atoms with van der Waals surface area (Å²) in [6.07, 6.45) is 6.27. The van der Waals surface area contributed by atoms with Crippen LogP contribution in [0.4, 0.5) is 0 Å². The predicted molar refractivity (Wildman–Crippen MR) is 152 cm³/mol. The van der Waals surface area contributed by atoms with Crippen LogP contribution in [-0.2, 0) is 6.42 Å². The molecule has 0 fully saturated rings. The fourth-order valence-corrected chi connectivity index (χ4v) is 6.56. The molecule has 0 atom stereocenters. The van der Waals surface area contributed by atoms with Crippen LogP contribution >= 0.6 is 11.3 Å². The van der Waals surface area contributed by atoms with Crippen molar-refractivity contribution < 1.29 is 4.42 Å². The van der Waals surface area contributed by atoms with Crippen LogP contribution < -0.4 is 5.56 Å². The molecule has 4 aromatic carbocycles. The summed E-state index contributed by atoms with van der Waals surface area (Å²) in [5.74, 6) is 1.04. The highest BCUT2D eigenvalue weighted by molar-refractivity contribution is 7.23. The van der Waals surface area contributed by atoms with Crippen LogP contribution in [0.3, 0.4) is 0 Å². The number of rotatable bonds is 2. The van der Waals surface area contributed by atoms with Crippen molar-refractivity contribution in [2.75, 3.05) is 0 Å². The predicted octanol–water partition coefficient (Wildman–Crippen LogP) is 8.10. The number of aromatic nitrogens is 2. The number of fused-ring (bicyclic) bond motifs is 7. The lowest BCUT2D eigenvalue weighted by atomic mass is 9.98. The molecule has 3 aromatic heterocycles. The fourth-order valence-electron chi connectivity index (χ4n) is 5.50. The molecule has 0 N–H and O–H groups in total. The maximum absolute atomic E-state index is 13.8. The Kier molecular flexibility index (Phi) is 4.34. The van der Waals surface area contributed by atoms with Crippen LogP contribution in [0.25, 0.3) is 65.4 Å². The number of para-hydroxylation sites is 1. The summed E-state index contributed by atoms with van der Waals surface area (Å²) in [6, 6.07) is 28.7. The standard InChI is InChI=1S/C32H20N2O2S/c35-31-25-17-21(22-10-6-11-24-23-9-4-5-12-28(23)36-30(22)24)13-15-26(25)33-32-34(31)27-16-14-20(18-29(27)37-32)19-7-2-1-3-8-19/h1-4,6-11,13-18H,5,12H2. The Hall–Kier alpha value is -4.48. The number of allylic oxidation sites excluding steroid dienone is 1. The third-order valence-electron chi connectivity index (χ3n) is 7.31. The van der Waals surface area contributed by atoms with E-state index >= 15 is 0 Å². The first-order valence-corrected chi connectivity index (χ1v) is 13.2. The molecule has 4 nitrogen and oxygen atoms in total. The quantitative estimate of drug-likeness (QED) is 0.243. The molecule has 0 radical (unpaired) electrons. The van der Waals surface area contributed by atoms with E-state index in [9.17, 15) is 4.79 Å². The van der Waals surface area contributed by atoms with E-state index in [-0.39, 0.29) is 5.56 Å². The van der Waals surface area contributed by atoms with E-state index in [0.29, 0.717) is 15.9 Å². The number of hydrogen-bond acceptors (Lipinski definition) is 4. The third-order valence-corrected chi connectivity index (χ3v) is 8.31. The van der Waals surface area contributed by atoms with Crippen molar-refractivity contribution in [1.82, 2.24) is 9.38 Å². The maximum Gasteiger partial charge on any atom is 0.266 e. The molecular formula is C32H20N2O2S. The van der Waals surface area contributed by atoms with E-state index in [2.05, 4.69) is 54.6 Å². The monoisotopic (exact) mass is 496 g/mol. The molecule has 8 rings (SSSR count). The zero-order valence-electron chi connectivity index (χ0n) is 19.8. The van der Waals surface area contributed by atoms with Crippen LogP contribution in [0.5, 0.6) is 0 Å². The first-order chi connectivity index (χ1) is 18.2. The highest BCUT2D eigenvalue weighted by Crippen LogP contribution is 2.37. The van der Waals surface area contributed by atoms with Gasteiger partial charge < -0.3 is 4.42 Å². The number of furan rings is 1. The van der Waals surface area contributed by atoms with Crippen LogP contribution in [-0.4, -0.2) is 9.38 Å². The van der Waals surface area contributed by atoms with Gasteiger partial charge in [-0.15, -0.1) is 0 Å². The SMILES string of the molecule is O=c1c2cc(-c3cccc4c5c(oc34)CCC=C5)ccc2nc2sc3cc(-c4ccccc4)ccc3n12. The zero-order valence-corrected chi connectivity index (χ0v) is 20.6. The Morgan fingerprint density at radius 1 is 0.838 bits per heavy atom. The van der Waals surface area contributed by atoms with E-state index in [1.807, 2.05) is 42.5 Å². The first kappa shape index (κ1) is 20.7. The number of aryl methyl sites for hydroxylation is 1. The summed E-state index contributed by atoms with van der Waals surface area (Å²) in [7, 11) is 0. The number of benzene rings is 4. The van der Waals surface area contributed by atoms with Gasteiger partial charge in [0.25, 0.3) is 5.56 Å². The Labute approximate surface area is 215 Å². The maximum atomic E-state index is 13.8. The van der Waals surface area contributed by atoms with Crippen molar-refractivity contribution in [2.24, 2.45) is 0 Å². The molecule has 0 saturated carbocycles. The second-order valence-corrected chi connectivity index (χ2v) is 10.5. The summed E-state index contributed by atoms with van der Waals surface area (Å²) < 4.78 is 9.12. The van der Waals surface area contributed by atoms with Gasteiger partial charge in [-0.2, -0.15) is 0 Å². The minimum absolute atomic E-state index is 0.0468. The summed E-state index contributed by atoms with van der Waals surface area (Å²) in [6.45, 7) is 0. The third kappa shape index (κ3) is 3.07. The second-order valence-electron chi connectivity index (χ2n) is 9.48. The molecule has 7 aromatic rings. The Balaban J connectivity index is 1.33. The van der Waals surface area contributed by atoms with Gasteiger partial charge in [0, 0.05) is 22.9 Å². The molecule has 176 valence electrons. The van der Waals surface area contributed by atoms with E-state index in [4.69, 9.17) is 9.40 Å².